The summed E-state index contributed by atoms with van der Waals surface area (Å²) in [6.45, 7) is 1.03. The summed E-state index contributed by atoms with van der Waals surface area (Å²) in [6.07, 6.45) is 1.37. The lowest BCUT2D eigenvalue weighted by Crippen LogP contribution is -2.50. The molecule has 38 heavy (non-hydrogen) atoms. The molecule has 0 aliphatic carbocycles. The Morgan fingerprint density at radius 3 is 2.74 bits per heavy atom. The zero-order valence-corrected chi connectivity index (χ0v) is 21.4. The topological polar surface area (TPSA) is 151 Å². The molecule has 0 saturated carbocycles. The number of nitrogens with zero attached hydrogens (tertiary/aromatic N) is 1. The first-order valence-corrected chi connectivity index (χ1v) is 13.7. The molecule has 0 amide bonds. The van der Waals surface area contributed by atoms with E-state index in [9.17, 15) is 13.2 Å². The van der Waals surface area contributed by atoms with Gasteiger partial charge in [-0.2, -0.15) is 4.72 Å². The zero-order valence-electron chi connectivity index (χ0n) is 20.6. The van der Waals surface area contributed by atoms with Crippen molar-refractivity contribution in [2.75, 3.05) is 26.3 Å². The molecular weight excluding hydrogens is 506 g/mol. The molecule has 1 fully saturated rings. The van der Waals surface area contributed by atoms with Crippen LogP contribution in [-0.2, 0) is 30.7 Å². The van der Waals surface area contributed by atoms with E-state index >= 15 is 0 Å². The molecule has 1 aliphatic heterocycles. The van der Waals surface area contributed by atoms with Crippen LogP contribution in [0.4, 0.5) is 0 Å². The highest BCUT2D eigenvalue weighted by molar-refractivity contribution is 7.89. The van der Waals surface area contributed by atoms with Crippen molar-refractivity contribution in [3.8, 4) is 0 Å². The standard InChI is InChI=1S/C27H29N5O5S/c28-27(29)32-11-12-36-21(16-32)17-37-26(33)25(14-20-15-30-24-8-4-3-7-23(20)24)31-38(34,35)22-10-9-18-5-1-2-6-19(18)13-22/h1-10,13,15,21,25,30-31H,11-12,14,16-17H2,(H3,28,29)/t21?,25-/m1/s1. The molecule has 2 heterocycles. The molecule has 1 aliphatic rings. The van der Waals surface area contributed by atoms with Crippen LogP contribution in [0.1, 0.15) is 5.56 Å². The quantitative estimate of drug-likeness (QED) is 0.154. The van der Waals surface area contributed by atoms with Gasteiger partial charge in [-0.15, -0.1) is 0 Å². The molecule has 0 radical (unpaired) electrons. The van der Waals surface area contributed by atoms with Gasteiger partial charge in [-0.3, -0.25) is 10.2 Å². The highest BCUT2D eigenvalue weighted by Gasteiger charge is 2.30. The Hall–Kier alpha value is -3.93. The molecule has 1 unspecified atom stereocenters. The second-order valence-electron chi connectivity index (χ2n) is 9.20. The number of fused-ring (bicyclic) bond motifs is 2. The summed E-state index contributed by atoms with van der Waals surface area (Å²) in [7, 11) is -4.06. The zero-order chi connectivity index (χ0) is 26.7. The largest absolute Gasteiger partial charge is 0.462 e. The van der Waals surface area contributed by atoms with Crippen molar-refractivity contribution in [2.45, 2.75) is 23.5 Å². The van der Waals surface area contributed by atoms with Gasteiger partial charge in [0.1, 0.15) is 18.8 Å². The SMILES string of the molecule is N=C(N)N1CCOC(COC(=O)[C@@H](Cc2c[nH]c3ccccc23)NS(=O)(=O)c2ccc3ccccc3c2)C1. The molecule has 10 nitrogen and oxygen atoms in total. The summed E-state index contributed by atoms with van der Waals surface area (Å²) in [5.74, 6) is -0.798. The van der Waals surface area contributed by atoms with Crippen LogP contribution in [0.2, 0.25) is 0 Å². The number of ether oxygens (including phenoxy) is 2. The van der Waals surface area contributed by atoms with E-state index < -0.39 is 28.1 Å². The lowest BCUT2D eigenvalue weighted by Gasteiger charge is -2.33. The van der Waals surface area contributed by atoms with E-state index in [-0.39, 0.29) is 23.9 Å². The van der Waals surface area contributed by atoms with Crippen LogP contribution >= 0.6 is 0 Å². The number of hydrogen-bond acceptors (Lipinski definition) is 6. The van der Waals surface area contributed by atoms with Gasteiger partial charge >= 0.3 is 5.97 Å². The summed E-state index contributed by atoms with van der Waals surface area (Å²) in [4.78, 5) is 18.1. The highest BCUT2D eigenvalue weighted by atomic mass is 32.2. The third-order valence-electron chi connectivity index (χ3n) is 6.60. The Morgan fingerprint density at radius 2 is 1.92 bits per heavy atom. The number of benzene rings is 3. The fraction of sp³-hybridized carbons (Fsp3) is 0.259. The number of sulfonamides is 1. The number of nitrogens with two attached hydrogens (primary N) is 1. The van der Waals surface area contributed by atoms with Gasteiger partial charge in [0.15, 0.2) is 5.96 Å². The number of aromatic amines is 1. The minimum Gasteiger partial charge on any atom is -0.462 e. The minimum absolute atomic E-state index is 0.0561. The van der Waals surface area contributed by atoms with Crippen LogP contribution in [0.15, 0.2) is 77.8 Å². The van der Waals surface area contributed by atoms with E-state index in [2.05, 4.69) is 9.71 Å². The normalized spacial score (nSPS) is 16.9. The van der Waals surface area contributed by atoms with Gasteiger partial charge in [-0.25, -0.2) is 8.42 Å². The number of guanidine groups is 1. The van der Waals surface area contributed by atoms with E-state index in [0.717, 1.165) is 27.2 Å². The van der Waals surface area contributed by atoms with Gasteiger partial charge in [-0.05, 0) is 34.5 Å². The van der Waals surface area contributed by atoms with Crippen molar-refractivity contribution < 1.29 is 22.7 Å². The summed E-state index contributed by atoms with van der Waals surface area (Å²) in [5.41, 5.74) is 7.24. The first kappa shape index (κ1) is 25.7. The predicted octanol–water partition coefficient (Wildman–Crippen LogP) is 2.35. The summed E-state index contributed by atoms with van der Waals surface area (Å²) < 4.78 is 40.6. The molecule has 5 rings (SSSR count). The number of hydrogen-bond donors (Lipinski definition) is 4. The van der Waals surface area contributed by atoms with Gasteiger partial charge in [-0.1, -0.05) is 48.5 Å². The molecule has 0 bridgehead atoms. The van der Waals surface area contributed by atoms with Crippen LogP contribution in [-0.4, -0.2) is 68.7 Å². The van der Waals surface area contributed by atoms with Crippen LogP contribution < -0.4 is 10.5 Å². The van der Waals surface area contributed by atoms with Crippen LogP contribution in [0, 0.1) is 5.41 Å². The van der Waals surface area contributed by atoms with Crippen molar-refractivity contribution in [1.82, 2.24) is 14.6 Å². The van der Waals surface area contributed by atoms with E-state index in [0.29, 0.717) is 19.7 Å². The molecule has 2 atom stereocenters. The van der Waals surface area contributed by atoms with Crippen molar-refractivity contribution in [3.63, 3.8) is 0 Å². The maximum atomic E-state index is 13.4. The second kappa shape index (κ2) is 10.8. The number of carbonyl (C=O) groups excluding carboxylic acids is 1. The molecule has 4 aromatic rings. The van der Waals surface area contributed by atoms with E-state index in [1.165, 1.54) is 6.07 Å². The average molecular weight is 536 g/mol. The molecule has 198 valence electrons. The van der Waals surface area contributed by atoms with Crippen molar-refractivity contribution in [3.05, 3.63) is 78.5 Å². The average Bonchev–Trinajstić information content (AvgIpc) is 3.34. The number of carbonyl (C=O) groups is 1. The number of nitrogens with one attached hydrogen (secondary N) is 3. The Kier molecular flexibility index (Phi) is 7.32. The second-order valence-corrected chi connectivity index (χ2v) is 10.9. The van der Waals surface area contributed by atoms with Gasteiger partial charge in [0.25, 0.3) is 0 Å². The van der Waals surface area contributed by atoms with Crippen molar-refractivity contribution in [2.24, 2.45) is 5.73 Å². The first-order valence-electron chi connectivity index (χ1n) is 12.2. The number of esters is 1. The molecular formula is C27H29N5O5S. The molecule has 0 spiro atoms. The monoisotopic (exact) mass is 535 g/mol. The third-order valence-corrected chi connectivity index (χ3v) is 8.07. The Balaban J connectivity index is 1.37. The van der Waals surface area contributed by atoms with E-state index in [1.54, 1.807) is 23.2 Å². The summed E-state index contributed by atoms with van der Waals surface area (Å²) >= 11 is 0. The number of rotatable bonds is 8. The van der Waals surface area contributed by atoms with Crippen molar-refractivity contribution in [1.29, 1.82) is 5.41 Å². The molecule has 5 N–H and O–H groups in total. The van der Waals surface area contributed by atoms with Crippen LogP contribution in [0.25, 0.3) is 21.7 Å². The Labute approximate surface area is 220 Å². The first-order chi connectivity index (χ1) is 18.3. The van der Waals surface area contributed by atoms with Gasteiger partial charge < -0.3 is 25.1 Å². The van der Waals surface area contributed by atoms with E-state index in [1.807, 2.05) is 48.5 Å². The van der Waals surface area contributed by atoms with Crippen molar-refractivity contribution >= 4 is 43.6 Å². The van der Waals surface area contributed by atoms with Crippen LogP contribution in [0.3, 0.4) is 0 Å². The van der Waals surface area contributed by atoms with E-state index in [4.69, 9.17) is 20.6 Å². The predicted molar refractivity (Wildman–Crippen MR) is 144 cm³/mol. The smallest absolute Gasteiger partial charge is 0.324 e. The van der Waals surface area contributed by atoms with Crippen LogP contribution in [0.5, 0.6) is 0 Å². The lowest BCUT2D eigenvalue weighted by atomic mass is 10.1. The summed E-state index contributed by atoms with van der Waals surface area (Å²) in [6, 6.07) is 18.7. The Morgan fingerprint density at radius 1 is 1.16 bits per heavy atom. The maximum absolute atomic E-state index is 13.4. The fourth-order valence-electron chi connectivity index (χ4n) is 4.60. The molecule has 1 saturated heterocycles. The molecule has 3 aromatic carbocycles. The summed E-state index contributed by atoms with van der Waals surface area (Å²) in [5, 5.41) is 10.2. The maximum Gasteiger partial charge on any atom is 0.324 e. The molecule has 1 aromatic heterocycles. The molecule has 11 heteroatoms. The van der Waals surface area contributed by atoms with Gasteiger partial charge in [0.2, 0.25) is 10.0 Å². The van der Waals surface area contributed by atoms with Gasteiger partial charge in [0, 0.05) is 30.1 Å². The van der Waals surface area contributed by atoms with Gasteiger partial charge in [0.05, 0.1) is 18.0 Å². The fourth-order valence-corrected chi connectivity index (χ4v) is 5.82. The number of para-hydroxylation sites is 1. The third kappa shape index (κ3) is 5.64. The number of H-pyrrole nitrogens is 1. The highest BCUT2D eigenvalue weighted by Crippen LogP contribution is 2.22. The Bertz CT molecular complexity index is 1590. The lowest BCUT2D eigenvalue weighted by molar-refractivity contribution is -0.151. The number of morpholine rings is 1. The number of aromatic nitrogens is 1. The minimum atomic E-state index is -4.06.